The third-order valence-electron chi connectivity index (χ3n) is 4.78. The van der Waals surface area contributed by atoms with E-state index >= 15 is 0 Å². The smallest absolute Gasteiger partial charge is 0.240 e. The quantitative estimate of drug-likeness (QED) is 0.846. The van der Waals surface area contributed by atoms with Crippen molar-refractivity contribution in [2.24, 2.45) is 11.8 Å². The highest BCUT2D eigenvalue weighted by atomic mass is 16.2. The van der Waals surface area contributed by atoms with Gasteiger partial charge in [0.15, 0.2) is 0 Å². The molecule has 1 saturated heterocycles. The van der Waals surface area contributed by atoms with E-state index in [9.17, 15) is 14.4 Å². The Morgan fingerprint density at radius 3 is 2.50 bits per heavy atom. The first-order valence-corrected chi connectivity index (χ1v) is 8.21. The minimum absolute atomic E-state index is 0.202. The molecule has 24 heavy (non-hydrogen) atoms. The van der Waals surface area contributed by atoms with Gasteiger partial charge in [0, 0.05) is 6.54 Å². The Bertz CT molecular complexity index is 698. The topological polar surface area (TPSA) is 90.3 Å². The van der Waals surface area contributed by atoms with Crippen LogP contribution < -0.4 is 5.32 Å². The van der Waals surface area contributed by atoms with Gasteiger partial charge in [0.1, 0.15) is 6.54 Å². The van der Waals surface area contributed by atoms with Gasteiger partial charge in [0.05, 0.1) is 23.5 Å². The lowest BCUT2D eigenvalue weighted by molar-refractivity contribution is -0.143. The summed E-state index contributed by atoms with van der Waals surface area (Å²) in [6.07, 6.45) is 3.42. The highest BCUT2D eigenvalue weighted by Gasteiger charge is 2.48. The number of benzene rings is 1. The summed E-state index contributed by atoms with van der Waals surface area (Å²) in [4.78, 5) is 37.9. The molecule has 1 aromatic carbocycles. The molecule has 0 aromatic heterocycles. The van der Waals surface area contributed by atoms with Crippen molar-refractivity contribution in [2.45, 2.75) is 32.2 Å². The fourth-order valence-electron chi connectivity index (χ4n) is 3.54. The van der Waals surface area contributed by atoms with E-state index in [1.54, 1.807) is 18.2 Å². The van der Waals surface area contributed by atoms with Gasteiger partial charge in [0.25, 0.3) is 0 Å². The number of nitrogens with zero attached hydrogens (tertiary/aromatic N) is 2. The van der Waals surface area contributed by atoms with E-state index in [-0.39, 0.29) is 42.6 Å². The number of hydrogen-bond donors (Lipinski definition) is 1. The van der Waals surface area contributed by atoms with E-state index in [1.807, 2.05) is 12.1 Å². The molecule has 6 nitrogen and oxygen atoms in total. The third kappa shape index (κ3) is 3.16. The van der Waals surface area contributed by atoms with Crippen LogP contribution in [-0.4, -0.2) is 29.2 Å². The maximum atomic E-state index is 12.3. The summed E-state index contributed by atoms with van der Waals surface area (Å²) >= 11 is 0. The highest BCUT2D eigenvalue weighted by Crippen LogP contribution is 2.37. The molecule has 0 radical (unpaired) electrons. The molecule has 2 fully saturated rings. The largest absolute Gasteiger partial charge is 0.350 e. The number of carbonyl (C=O) groups excluding carboxylic acids is 3. The number of nitriles is 1. The molecule has 124 valence electrons. The number of hydrogen-bond acceptors (Lipinski definition) is 4. The molecule has 0 bridgehead atoms. The number of rotatable bonds is 4. The highest BCUT2D eigenvalue weighted by molar-refractivity contribution is 6.07. The van der Waals surface area contributed by atoms with E-state index < -0.39 is 0 Å². The Morgan fingerprint density at radius 2 is 1.88 bits per heavy atom. The number of fused-ring (bicyclic) bond motifs is 1. The van der Waals surface area contributed by atoms with Gasteiger partial charge in [-0.15, -0.1) is 0 Å². The molecule has 1 aliphatic heterocycles. The molecule has 3 amide bonds. The van der Waals surface area contributed by atoms with Crippen LogP contribution in [0.25, 0.3) is 0 Å². The second kappa shape index (κ2) is 6.83. The van der Waals surface area contributed by atoms with Crippen molar-refractivity contribution >= 4 is 17.7 Å². The molecule has 6 heteroatoms. The Labute approximate surface area is 140 Å². The predicted molar refractivity (Wildman–Crippen MR) is 85.2 cm³/mol. The Hall–Kier alpha value is -2.68. The third-order valence-corrected chi connectivity index (χ3v) is 4.78. The van der Waals surface area contributed by atoms with Gasteiger partial charge in [-0.05, 0) is 30.5 Å². The van der Waals surface area contributed by atoms with E-state index in [0.29, 0.717) is 5.56 Å². The molecule has 3 rings (SSSR count). The molecule has 1 N–H and O–H groups in total. The van der Waals surface area contributed by atoms with E-state index in [0.717, 1.165) is 36.1 Å². The van der Waals surface area contributed by atoms with Gasteiger partial charge in [-0.1, -0.05) is 25.0 Å². The number of amides is 3. The van der Waals surface area contributed by atoms with Crippen molar-refractivity contribution in [2.75, 3.05) is 6.54 Å². The fraction of sp³-hybridized carbons (Fsp3) is 0.444. The monoisotopic (exact) mass is 325 g/mol. The summed E-state index contributed by atoms with van der Waals surface area (Å²) < 4.78 is 0. The molecule has 2 aliphatic rings. The van der Waals surface area contributed by atoms with Crippen LogP contribution in [-0.2, 0) is 20.9 Å². The van der Waals surface area contributed by atoms with Gasteiger partial charge in [-0.3, -0.25) is 19.3 Å². The van der Waals surface area contributed by atoms with Crippen molar-refractivity contribution in [3.05, 3.63) is 35.4 Å². The zero-order valence-corrected chi connectivity index (χ0v) is 13.3. The number of nitrogens with one attached hydrogen (secondary N) is 1. The normalized spacial score (nSPS) is 22.9. The van der Waals surface area contributed by atoms with Crippen LogP contribution in [0.1, 0.15) is 36.8 Å². The number of imide groups is 1. The molecule has 1 heterocycles. The van der Waals surface area contributed by atoms with Crippen LogP contribution >= 0.6 is 0 Å². The first-order valence-electron chi connectivity index (χ1n) is 8.21. The molecule has 2 atom stereocenters. The molecule has 1 aliphatic carbocycles. The molecule has 2 unspecified atom stereocenters. The van der Waals surface area contributed by atoms with E-state index in [2.05, 4.69) is 5.32 Å². The zero-order valence-electron chi connectivity index (χ0n) is 13.3. The van der Waals surface area contributed by atoms with Gasteiger partial charge in [-0.2, -0.15) is 5.26 Å². The SMILES string of the molecule is N#Cc1cccc(CNC(=O)CN2C(=O)C3CCCCC3C2=O)c1. The summed E-state index contributed by atoms with van der Waals surface area (Å²) in [5.41, 5.74) is 1.32. The summed E-state index contributed by atoms with van der Waals surface area (Å²) in [5, 5.41) is 11.6. The van der Waals surface area contributed by atoms with Crippen LogP contribution in [0.4, 0.5) is 0 Å². The molecule has 0 spiro atoms. The van der Waals surface area contributed by atoms with Crippen LogP contribution in [0.3, 0.4) is 0 Å². The van der Waals surface area contributed by atoms with Crippen molar-refractivity contribution in [3.63, 3.8) is 0 Å². The molecule has 1 aromatic rings. The second-order valence-electron chi connectivity index (χ2n) is 6.35. The zero-order chi connectivity index (χ0) is 17.1. The predicted octanol–water partition coefficient (Wildman–Crippen LogP) is 1.35. The maximum absolute atomic E-state index is 12.3. The standard InChI is InChI=1S/C18H19N3O3/c19-9-12-4-3-5-13(8-12)10-20-16(22)11-21-17(23)14-6-1-2-7-15(14)18(21)24/h3-5,8,14-15H,1-2,6-7,10-11H2,(H,20,22). The number of likely N-dealkylation sites (tertiary alicyclic amines) is 1. The first kappa shape index (κ1) is 16.2. The van der Waals surface area contributed by atoms with Crippen molar-refractivity contribution in [3.8, 4) is 6.07 Å². The van der Waals surface area contributed by atoms with Crippen LogP contribution in [0, 0.1) is 23.2 Å². The average molecular weight is 325 g/mol. The molecular formula is C18H19N3O3. The maximum Gasteiger partial charge on any atom is 0.240 e. The van der Waals surface area contributed by atoms with E-state index in [4.69, 9.17) is 5.26 Å². The lowest BCUT2D eigenvalue weighted by Gasteiger charge is -2.19. The average Bonchev–Trinajstić information content (AvgIpc) is 2.85. The van der Waals surface area contributed by atoms with Gasteiger partial charge in [0.2, 0.25) is 17.7 Å². The minimum atomic E-state index is -0.363. The minimum Gasteiger partial charge on any atom is -0.350 e. The van der Waals surface area contributed by atoms with Crippen molar-refractivity contribution in [1.29, 1.82) is 5.26 Å². The fourth-order valence-corrected chi connectivity index (χ4v) is 3.54. The second-order valence-corrected chi connectivity index (χ2v) is 6.35. The van der Waals surface area contributed by atoms with Crippen LogP contribution in [0.15, 0.2) is 24.3 Å². The van der Waals surface area contributed by atoms with Gasteiger partial charge >= 0.3 is 0 Å². The Balaban J connectivity index is 1.57. The first-order chi connectivity index (χ1) is 11.6. The lowest BCUT2D eigenvalue weighted by Crippen LogP contribution is -2.40. The lowest BCUT2D eigenvalue weighted by atomic mass is 9.81. The Kier molecular flexibility index (Phi) is 4.61. The Morgan fingerprint density at radius 1 is 1.21 bits per heavy atom. The van der Waals surface area contributed by atoms with Gasteiger partial charge in [-0.25, -0.2) is 0 Å². The summed E-state index contributed by atoms with van der Waals surface area (Å²) in [5.74, 6) is -1.23. The van der Waals surface area contributed by atoms with Crippen molar-refractivity contribution < 1.29 is 14.4 Å². The molecule has 1 saturated carbocycles. The summed E-state index contributed by atoms with van der Waals surface area (Å²) in [6.45, 7) is 0.0417. The number of carbonyl (C=O) groups is 3. The van der Waals surface area contributed by atoms with Crippen LogP contribution in [0.2, 0.25) is 0 Å². The van der Waals surface area contributed by atoms with E-state index in [1.165, 1.54) is 0 Å². The van der Waals surface area contributed by atoms with Gasteiger partial charge < -0.3 is 5.32 Å². The molecular weight excluding hydrogens is 306 g/mol. The summed E-state index contributed by atoms with van der Waals surface area (Å²) in [6, 6.07) is 8.98. The van der Waals surface area contributed by atoms with Crippen LogP contribution in [0.5, 0.6) is 0 Å². The van der Waals surface area contributed by atoms with Crippen molar-refractivity contribution in [1.82, 2.24) is 10.2 Å². The summed E-state index contributed by atoms with van der Waals surface area (Å²) in [7, 11) is 0.